The van der Waals surface area contributed by atoms with Crippen LogP contribution in [0.2, 0.25) is 0 Å². The first-order chi connectivity index (χ1) is 16.4. The molecular formula is C24H33N5O5. The van der Waals surface area contributed by atoms with E-state index < -0.39 is 0 Å². The Morgan fingerprint density at radius 3 is 2.59 bits per heavy atom. The lowest BCUT2D eigenvalue weighted by atomic mass is 9.92. The smallest absolute Gasteiger partial charge is 0.290 e. The van der Waals surface area contributed by atoms with E-state index in [1.165, 1.54) is 0 Å². The molecular weight excluding hydrogens is 438 g/mol. The van der Waals surface area contributed by atoms with E-state index in [1.54, 1.807) is 13.3 Å². The van der Waals surface area contributed by atoms with Gasteiger partial charge in [-0.1, -0.05) is 19.1 Å². The number of carbonyl (C=O) groups is 3. The highest BCUT2D eigenvalue weighted by Crippen LogP contribution is 2.43. The van der Waals surface area contributed by atoms with Crippen LogP contribution in [0.3, 0.4) is 0 Å². The molecule has 4 rings (SSSR count). The maximum atomic E-state index is 13.2. The number of methoxy groups -OCH3 is 1. The predicted molar refractivity (Wildman–Crippen MR) is 125 cm³/mol. The van der Waals surface area contributed by atoms with Crippen molar-refractivity contribution in [3.05, 3.63) is 47.8 Å². The van der Waals surface area contributed by atoms with E-state index in [2.05, 4.69) is 22.2 Å². The molecule has 2 aliphatic rings. The van der Waals surface area contributed by atoms with Gasteiger partial charge in [-0.25, -0.2) is 0 Å². The zero-order valence-electron chi connectivity index (χ0n) is 19.9. The molecule has 3 heterocycles. The van der Waals surface area contributed by atoms with Crippen LogP contribution < -0.4 is 10.1 Å². The first-order valence-electron chi connectivity index (χ1n) is 11.4. The fraction of sp³-hybridized carbons (Fsp3) is 0.500. The van der Waals surface area contributed by atoms with Gasteiger partial charge in [-0.05, 0) is 43.7 Å². The molecule has 1 aromatic heterocycles. The number of fused-ring (bicyclic) bond motifs is 1. The zero-order chi connectivity index (χ0) is 24.7. The van der Waals surface area contributed by atoms with Crippen molar-refractivity contribution in [2.45, 2.75) is 38.9 Å². The molecule has 0 bridgehead atoms. The number of carboxylic acid groups (broad SMARTS) is 1. The first-order valence-corrected chi connectivity index (χ1v) is 11.4. The maximum absolute atomic E-state index is 13.2. The quantitative estimate of drug-likeness (QED) is 0.585. The molecule has 10 nitrogen and oxygen atoms in total. The number of hydrogen-bond donors (Lipinski definition) is 2. The summed E-state index contributed by atoms with van der Waals surface area (Å²) in [4.78, 5) is 38.8. The molecule has 184 valence electrons. The first kappa shape index (κ1) is 25.2. The van der Waals surface area contributed by atoms with Gasteiger partial charge in [0, 0.05) is 31.0 Å². The molecule has 0 saturated carbocycles. The molecule has 0 radical (unpaired) electrons. The highest BCUT2D eigenvalue weighted by atomic mass is 16.5. The normalized spacial score (nSPS) is 21.9. The minimum absolute atomic E-state index is 0.00382. The lowest BCUT2D eigenvalue weighted by molar-refractivity contribution is -0.140. The molecule has 34 heavy (non-hydrogen) atoms. The van der Waals surface area contributed by atoms with E-state index in [1.807, 2.05) is 46.8 Å². The Labute approximate surface area is 199 Å². The second-order valence-corrected chi connectivity index (χ2v) is 8.43. The van der Waals surface area contributed by atoms with Gasteiger partial charge in [0.15, 0.2) is 0 Å². The molecule has 3 atom stereocenters. The third-order valence-electron chi connectivity index (χ3n) is 6.51. The standard InChI is InChI=1S/C23H31N5O3.CH2O2/c1-4-26-14-18-13-20(23(30)24-11-12-27-16(2)9-10-25-27)22(28(18)21(29)15-26)17-5-7-19(31-3)8-6-17;2-1-3/h5-10,18,20,22H,4,11-15H2,1-3H3,(H,24,30);1H,(H,2,3)/t18-,20-,22-;/m1./s1. The van der Waals surface area contributed by atoms with Crippen molar-refractivity contribution in [2.75, 3.05) is 33.3 Å². The molecule has 2 aliphatic heterocycles. The van der Waals surface area contributed by atoms with Crippen LogP contribution in [-0.2, 0) is 20.9 Å². The van der Waals surface area contributed by atoms with Crippen LogP contribution in [0.5, 0.6) is 5.75 Å². The van der Waals surface area contributed by atoms with E-state index in [0.29, 0.717) is 26.1 Å². The Balaban J connectivity index is 0.00000103. The topological polar surface area (TPSA) is 117 Å². The number of carbonyl (C=O) groups excluding carboxylic acids is 2. The zero-order valence-corrected chi connectivity index (χ0v) is 19.9. The fourth-order valence-corrected chi connectivity index (χ4v) is 4.85. The van der Waals surface area contributed by atoms with E-state index in [4.69, 9.17) is 14.6 Å². The second kappa shape index (κ2) is 11.6. The van der Waals surface area contributed by atoms with Crippen LogP contribution in [0.1, 0.15) is 30.6 Å². The van der Waals surface area contributed by atoms with Gasteiger partial charge in [-0.3, -0.25) is 24.0 Å². The molecule has 0 aliphatic carbocycles. The van der Waals surface area contributed by atoms with Gasteiger partial charge < -0.3 is 20.1 Å². The van der Waals surface area contributed by atoms with Crippen LogP contribution >= 0.6 is 0 Å². The molecule has 0 spiro atoms. The minimum Gasteiger partial charge on any atom is -0.497 e. The van der Waals surface area contributed by atoms with E-state index >= 15 is 0 Å². The van der Waals surface area contributed by atoms with Crippen molar-refractivity contribution >= 4 is 18.3 Å². The van der Waals surface area contributed by atoms with Crippen molar-refractivity contribution < 1.29 is 24.2 Å². The summed E-state index contributed by atoms with van der Waals surface area (Å²) in [7, 11) is 1.63. The number of rotatable bonds is 7. The van der Waals surface area contributed by atoms with Gasteiger partial charge in [-0.2, -0.15) is 5.10 Å². The Bertz CT molecular complexity index is 976. The average Bonchev–Trinajstić information content (AvgIpc) is 3.43. The molecule has 2 aromatic rings. The van der Waals surface area contributed by atoms with E-state index in [9.17, 15) is 9.59 Å². The summed E-state index contributed by atoms with van der Waals surface area (Å²) in [6, 6.07) is 9.47. The number of likely N-dealkylation sites (N-methyl/N-ethyl adjacent to an activating group) is 1. The summed E-state index contributed by atoms with van der Waals surface area (Å²) >= 11 is 0. The number of nitrogens with zero attached hydrogens (tertiary/aromatic N) is 4. The van der Waals surface area contributed by atoms with E-state index in [0.717, 1.165) is 30.1 Å². The number of amides is 2. The maximum Gasteiger partial charge on any atom is 0.290 e. The van der Waals surface area contributed by atoms with Crippen LogP contribution in [0.25, 0.3) is 0 Å². The lowest BCUT2D eigenvalue weighted by Gasteiger charge is -2.39. The molecule has 10 heteroatoms. The Morgan fingerprint density at radius 1 is 1.29 bits per heavy atom. The van der Waals surface area contributed by atoms with Gasteiger partial charge in [-0.15, -0.1) is 0 Å². The third kappa shape index (κ3) is 5.56. The Kier molecular flexibility index (Phi) is 8.64. The van der Waals surface area contributed by atoms with Gasteiger partial charge in [0.05, 0.1) is 32.2 Å². The highest BCUT2D eigenvalue weighted by molar-refractivity contribution is 5.85. The number of aromatic nitrogens is 2. The summed E-state index contributed by atoms with van der Waals surface area (Å²) in [6.07, 6.45) is 2.43. The van der Waals surface area contributed by atoms with Crippen LogP contribution in [0.4, 0.5) is 0 Å². The number of piperazine rings is 1. The van der Waals surface area contributed by atoms with Crippen molar-refractivity contribution in [3.8, 4) is 5.75 Å². The summed E-state index contributed by atoms with van der Waals surface area (Å²) < 4.78 is 7.16. The summed E-state index contributed by atoms with van der Waals surface area (Å²) in [5.41, 5.74) is 2.04. The highest BCUT2D eigenvalue weighted by Gasteiger charge is 2.49. The van der Waals surface area contributed by atoms with Gasteiger partial charge in [0.1, 0.15) is 5.75 Å². The number of aryl methyl sites for hydroxylation is 1. The summed E-state index contributed by atoms with van der Waals surface area (Å²) in [6.45, 7) is 7.00. The number of benzene rings is 1. The summed E-state index contributed by atoms with van der Waals surface area (Å²) in [5, 5.41) is 14.2. The Morgan fingerprint density at radius 2 is 2.00 bits per heavy atom. The van der Waals surface area contributed by atoms with E-state index in [-0.39, 0.29) is 36.3 Å². The largest absolute Gasteiger partial charge is 0.497 e. The molecule has 0 unspecified atom stereocenters. The van der Waals surface area contributed by atoms with Crippen molar-refractivity contribution in [2.24, 2.45) is 5.92 Å². The monoisotopic (exact) mass is 471 g/mol. The fourth-order valence-electron chi connectivity index (χ4n) is 4.85. The molecule has 2 fully saturated rings. The van der Waals surface area contributed by atoms with Crippen LogP contribution in [-0.4, -0.2) is 82.3 Å². The molecule has 2 amide bonds. The summed E-state index contributed by atoms with van der Waals surface area (Å²) in [5.74, 6) is 0.575. The third-order valence-corrected chi connectivity index (χ3v) is 6.51. The lowest BCUT2D eigenvalue weighted by Crippen LogP contribution is -2.54. The SMILES string of the molecule is CCN1CC(=O)N2[C@H](C[C@@H](C(=O)NCCn3nccc3C)[C@H]2c2ccc(OC)cc2)C1.O=CO. The van der Waals surface area contributed by atoms with Crippen molar-refractivity contribution in [3.63, 3.8) is 0 Å². The van der Waals surface area contributed by atoms with Crippen LogP contribution in [0.15, 0.2) is 36.5 Å². The molecule has 2 N–H and O–H groups in total. The molecule has 2 saturated heterocycles. The minimum atomic E-state index is -0.280. The molecule has 1 aromatic carbocycles. The number of ether oxygens (including phenoxy) is 1. The van der Waals surface area contributed by atoms with Crippen molar-refractivity contribution in [1.29, 1.82) is 0 Å². The number of hydrogen-bond acceptors (Lipinski definition) is 6. The number of nitrogens with one attached hydrogen (secondary N) is 1. The van der Waals surface area contributed by atoms with Crippen molar-refractivity contribution in [1.82, 2.24) is 24.9 Å². The van der Waals surface area contributed by atoms with Crippen LogP contribution in [0, 0.1) is 12.8 Å². The Hall–Kier alpha value is -3.40. The van der Waals surface area contributed by atoms with Gasteiger partial charge >= 0.3 is 0 Å². The average molecular weight is 472 g/mol. The second-order valence-electron chi connectivity index (χ2n) is 8.43. The predicted octanol–water partition coefficient (Wildman–Crippen LogP) is 1.31. The van der Waals surface area contributed by atoms with Gasteiger partial charge in [0.2, 0.25) is 11.8 Å². The van der Waals surface area contributed by atoms with Gasteiger partial charge in [0.25, 0.3) is 6.47 Å².